The SMILES string of the molecule is O=C(CC(F)(F)F)Nc1ccccc1O. The molecule has 0 bridgehead atoms. The summed E-state index contributed by atoms with van der Waals surface area (Å²) in [5.74, 6) is -1.47. The number of hydrogen-bond donors (Lipinski definition) is 2. The Bertz CT molecular complexity index is 363. The van der Waals surface area contributed by atoms with Gasteiger partial charge in [0.25, 0.3) is 0 Å². The van der Waals surface area contributed by atoms with E-state index >= 15 is 0 Å². The fourth-order valence-electron chi connectivity index (χ4n) is 0.956. The lowest BCUT2D eigenvalue weighted by molar-refractivity contribution is -0.150. The Kier molecular flexibility index (Phi) is 3.18. The summed E-state index contributed by atoms with van der Waals surface area (Å²) in [5.41, 5.74) is -0.0354. The summed E-state index contributed by atoms with van der Waals surface area (Å²) in [6.07, 6.45) is -6.12. The zero-order valence-corrected chi connectivity index (χ0v) is 7.51. The first-order valence-corrected chi connectivity index (χ1v) is 4.03. The van der Waals surface area contributed by atoms with E-state index in [0.29, 0.717) is 0 Å². The van der Waals surface area contributed by atoms with E-state index in [9.17, 15) is 18.0 Å². The van der Waals surface area contributed by atoms with Crippen LogP contribution >= 0.6 is 0 Å². The van der Waals surface area contributed by atoms with Gasteiger partial charge >= 0.3 is 6.18 Å². The van der Waals surface area contributed by atoms with Crippen LogP contribution in [0.5, 0.6) is 5.75 Å². The molecule has 1 aromatic carbocycles. The van der Waals surface area contributed by atoms with E-state index in [1.54, 1.807) is 0 Å². The van der Waals surface area contributed by atoms with E-state index in [-0.39, 0.29) is 11.4 Å². The Morgan fingerprint density at radius 2 is 1.93 bits per heavy atom. The number of hydrogen-bond acceptors (Lipinski definition) is 2. The highest BCUT2D eigenvalue weighted by molar-refractivity contribution is 5.92. The number of phenols is 1. The summed E-state index contributed by atoms with van der Waals surface area (Å²) in [5, 5.41) is 11.1. The molecule has 1 rings (SSSR count). The molecule has 82 valence electrons. The van der Waals surface area contributed by atoms with Gasteiger partial charge in [0.1, 0.15) is 12.2 Å². The number of carbonyl (C=O) groups excluding carboxylic acids is 1. The molecule has 15 heavy (non-hydrogen) atoms. The number of benzene rings is 1. The monoisotopic (exact) mass is 219 g/mol. The lowest BCUT2D eigenvalue weighted by atomic mass is 10.3. The predicted octanol–water partition coefficient (Wildman–Crippen LogP) is 2.28. The van der Waals surface area contributed by atoms with Crippen molar-refractivity contribution in [1.29, 1.82) is 0 Å². The normalized spacial score (nSPS) is 11.1. The molecule has 0 saturated carbocycles. The van der Waals surface area contributed by atoms with Gasteiger partial charge in [0.15, 0.2) is 0 Å². The molecule has 2 N–H and O–H groups in total. The van der Waals surface area contributed by atoms with Crippen molar-refractivity contribution in [2.75, 3.05) is 5.32 Å². The first kappa shape index (κ1) is 11.4. The Morgan fingerprint density at radius 3 is 2.47 bits per heavy atom. The van der Waals surface area contributed by atoms with Crippen LogP contribution in [0.1, 0.15) is 6.42 Å². The van der Waals surface area contributed by atoms with Gasteiger partial charge in [-0.25, -0.2) is 0 Å². The molecule has 1 aromatic rings. The minimum Gasteiger partial charge on any atom is -0.506 e. The third-order valence-corrected chi connectivity index (χ3v) is 1.54. The van der Waals surface area contributed by atoms with Gasteiger partial charge in [0.05, 0.1) is 5.69 Å². The molecule has 0 fully saturated rings. The molecular formula is C9H8F3NO2. The third-order valence-electron chi connectivity index (χ3n) is 1.54. The highest BCUT2D eigenvalue weighted by Crippen LogP contribution is 2.24. The van der Waals surface area contributed by atoms with E-state index in [2.05, 4.69) is 0 Å². The third kappa shape index (κ3) is 3.88. The van der Waals surface area contributed by atoms with E-state index in [1.165, 1.54) is 24.3 Å². The summed E-state index contributed by atoms with van der Waals surface area (Å²) >= 11 is 0. The molecule has 0 radical (unpaired) electrons. The summed E-state index contributed by atoms with van der Waals surface area (Å²) in [6.45, 7) is 0. The molecule has 0 unspecified atom stereocenters. The van der Waals surface area contributed by atoms with E-state index in [0.717, 1.165) is 0 Å². The summed E-state index contributed by atoms with van der Waals surface area (Å²) in [4.78, 5) is 10.8. The van der Waals surface area contributed by atoms with E-state index in [1.807, 2.05) is 5.32 Å². The maximum atomic E-state index is 11.8. The molecule has 0 saturated heterocycles. The lowest BCUT2D eigenvalue weighted by Crippen LogP contribution is -2.21. The maximum absolute atomic E-state index is 11.8. The van der Waals surface area contributed by atoms with Crippen LogP contribution < -0.4 is 5.32 Å². The van der Waals surface area contributed by atoms with Crippen LogP contribution in [0.4, 0.5) is 18.9 Å². The number of para-hydroxylation sites is 2. The molecule has 0 aromatic heterocycles. The first-order chi connectivity index (χ1) is 6.88. The fraction of sp³-hybridized carbons (Fsp3) is 0.222. The van der Waals surface area contributed by atoms with Crippen LogP contribution in [-0.4, -0.2) is 17.2 Å². The second kappa shape index (κ2) is 4.20. The topological polar surface area (TPSA) is 49.3 Å². The summed E-state index contributed by atoms with van der Waals surface area (Å²) < 4.78 is 35.4. The lowest BCUT2D eigenvalue weighted by Gasteiger charge is -2.08. The Balaban J connectivity index is 2.64. The minimum atomic E-state index is -4.55. The number of amides is 1. The average molecular weight is 219 g/mol. The van der Waals surface area contributed by atoms with Gasteiger partial charge in [-0.05, 0) is 12.1 Å². The average Bonchev–Trinajstić information content (AvgIpc) is 2.05. The standard InChI is InChI=1S/C9H8F3NO2/c10-9(11,12)5-8(15)13-6-3-1-2-4-7(6)14/h1-4,14H,5H2,(H,13,15). The Labute approximate surface area is 83.5 Å². The number of alkyl halides is 3. The van der Waals surface area contributed by atoms with Crippen molar-refractivity contribution in [2.24, 2.45) is 0 Å². The van der Waals surface area contributed by atoms with Crippen LogP contribution in [0.3, 0.4) is 0 Å². The molecule has 0 atom stereocenters. The van der Waals surface area contributed by atoms with Crippen molar-refractivity contribution in [3.05, 3.63) is 24.3 Å². The zero-order chi connectivity index (χ0) is 11.5. The van der Waals surface area contributed by atoms with Gasteiger partial charge < -0.3 is 10.4 Å². The van der Waals surface area contributed by atoms with Crippen molar-refractivity contribution in [3.63, 3.8) is 0 Å². The van der Waals surface area contributed by atoms with Crippen LogP contribution in [0, 0.1) is 0 Å². The Morgan fingerprint density at radius 1 is 1.33 bits per heavy atom. The number of nitrogens with one attached hydrogen (secondary N) is 1. The summed E-state index contributed by atoms with van der Waals surface area (Å²) in [7, 11) is 0. The molecular weight excluding hydrogens is 211 g/mol. The van der Waals surface area contributed by atoms with Crippen molar-refractivity contribution in [3.8, 4) is 5.75 Å². The van der Waals surface area contributed by atoms with Gasteiger partial charge in [-0.2, -0.15) is 13.2 Å². The zero-order valence-electron chi connectivity index (χ0n) is 7.51. The van der Waals surface area contributed by atoms with Crippen LogP contribution in [-0.2, 0) is 4.79 Å². The number of phenolic OH excluding ortho intramolecular Hbond substituents is 1. The number of aromatic hydroxyl groups is 1. The van der Waals surface area contributed by atoms with E-state index in [4.69, 9.17) is 5.11 Å². The predicted molar refractivity (Wildman–Crippen MR) is 47.4 cm³/mol. The number of rotatable bonds is 2. The molecule has 1 amide bonds. The van der Waals surface area contributed by atoms with Gasteiger partial charge in [-0.1, -0.05) is 12.1 Å². The smallest absolute Gasteiger partial charge is 0.397 e. The van der Waals surface area contributed by atoms with Crippen molar-refractivity contribution >= 4 is 11.6 Å². The van der Waals surface area contributed by atoms with Crippen molar-refractivity contribution < 1.29 is 23.1 Å². The van der Waals surface area contributed by atoms with Gasteiger partial charge in [0, 0.05) is 0 Å². The second-order valence-corrected chi connectivity index (χ2v) is 2.86. The molecule has 0 aliphatic heterocycles. The molecule has 0 aliphatic rings. The van der Waals surface area contributed by atoms with Crippen molar-refractivity contribution in [2.45, 2.75) is 12.6 Å². The summed E-state index contributed by atoms with van der Waals surface area (Å²) in [6, 6.07) is 5.56. The number of halogens is 3. The van der Waals surface area contributed by atoms with E-state index < -0.39 is 18.5 Å². The van der Waals surface area contributed by atoms with Gasteiger partial charge in [-0.15, -0.1) is 0 Å². The van der Waals surface area contributed by atoms with Crippen LogP contribution in [0.2, 0.25) is 0 Å². The quantitative estimate of drug-likeness (QED) is 0.749. The highest BCUT2D eigenvalue weighted by atomic mass is 19.4. The highest BCUT2D eigenvalue weighted by Gasteiger charge is 2.31. The largest absolute Gasteiger partial charge is 0.506 e. The molecule has 6 heteroatoms. The molecule has 0 spiro atoms. The number of carbonyl (C=O) groups is 1. The first-order valence-electron chi connectivity index (χ1n) is 4.03. The van der Waals surface area contributed by atoms with Gasteiger partial charge in [0.2, 0.25) is 5.91 Å². The fourth-order valence-corrected chi connectivity index (χ4v) is 0.956. The molecule has 0 heterocycles. The van der Waals surface area contributed by atoms with Crippen LogP contribution in [0.25, 0.3) is 0 Å². The molecule has 0 aliphatic carbocycles. The maximum Gasteiger partial charge on any atom is 0.397 e. The minimum absolute atomic E-state index is 0.0354. The number of anilines is 1. The van der Waals surface area contributed by atoms with Gasteiger partial charge in [-0.3, -0.25) is 4.79 Å². The second-order valence-electron chi connectivity index (χ2n) is 2.86. The van der Waals surface area contributed by atoms with Crippen molar-refractivity contribution in [1.82, 2.24) is 0 Å². The molecule has 3 nitrogen and oxygen atoms in total. The Hall–Kier alpha value is -1.72. The van der Waals surface area contributed by atoms with Crippen LogP contribution in [0.15, 0.2) is 24.3 Å².